The van der Waals surface area contributed by atoms with Crippen molar-refractivity contribution in [1.29, 1.82) is 0 Å². The van der Waals surface area contributed by atoms with Gasteiger partial charge in [0.15, 0.2) is 0 Å². The van der Waals surface area contributed by atoms with Crippen molar-refractivity contribution in [3.63, 3.8) is 0 Å². The van der Waals surface area contributed by atoms with Crippen LogP contribution in [0, 0.1) is 5.92 Å². The van der Waals surface area contributed by atoms with Crippen LogP contribution in [0.15, 0.2) is 5.16 Å². The van der Waals surface area contributed by atoms with Gasteiger partial charge in [-0.15, -0.1) is 0 Å². The smallest absolute Gasteiger partial charge is 0.142 e. The molecule has 1 aliphatic heterocycles. The van der Waals surface area contributed by atoms with Gasteiger partial charge in [-0.25, -0.2) is 0 Å². The monoisotopic (exact) mass is 185 g/mol. The molecule has 0 radical (unpaired) electrons. The van der Waals surface area contributed by atoms with Crippen molar-refractivity contribution in [2.75, 3.05) is 13.1 Å². The van der Waals surface area contributed by atoms with Crippen LogP contribution in [-0.2, 0) is 0 Å². The van der Waals surface area contributed by atoms with E-state index in [9.17, 15) is 0 Å². The molecule has 2 aliphatic rings. The van der Waals surface area contributed by atoms with Crippen molar-refractivity contribution >= 4 is 5.84 Å². The standard InChI is InChI=1S/C6H13N3O.C3H6/c7-6(9-10)5-1-3-8-4-2-5;1-2-3-1/h5,8,10H,1-4H2,(H2,7,9);1-3H2. The number of hydrogen-bond acceptors (Lipinski definition) is 3. The highest BCUT2D eigenvalue weighted by molar-refractivity contribution is 5.82. The van der Waals surface area contributed by atoms with Gasteiger partial charge in [0.1, 0.15) is 5.84 Å². The van der Waals surface area contributed by atoms with Crippen molar-refractivity contribution in [1.82, 2.24) is 5.32 Å². The van der Waals surface area contributed by atoms with Crippen LogP contribution in [0.2, 0.25) is 0 Å². The number of nitrogens with zero attached hydrogens (tertiary/aromatic N) is 1. The van der Waals surface area contributed by atoms with Gasteiger partial charge in [-0.05, 0) is 25.9 Å². The molecular weight excluding hydrogens is 166 g/mol. The molecule has 4 heteroatoms. The molecule has 0 aromatic rings. The fourth-order valence-electron chi connectivity index (χ4n) is 1.20. The van der Waals surface area contributed by atoms with Gasteiger partial charge in [0.2, 0.25) is 0 Å². The zero-order valence-corrected chi connectivity index (χ0v) is 8.00. The summed E-state index contributed by atoms with van der Waals surface area (Å²) in [7, 11) is 0. The Morgan fingerprint density at radius 1 is 1.23 bits per heavy atom. The normalized spacial score (nSPS) is 23.2. The first kappa shape index (κ1) is 10.3. The van der Waals surface area contributed by atoms with Gasteiger partial charge in [0.05, 0.1) is 0 Å². The van der Waals surface area contributed by atoms with E-state index in [1.54, 1.807) is 0 Å². The van der Waals surface area contributed by atoms with E-state index in [0.29, 0.717) is 5.84 Å². The third-order valence-electron chi connectivity index (χ3n) is 2.23. The largest absolute Gasteiger partial charge is 0.409 e. The highest BCUT2D eigenvalue weighted by Crippen LogP contribution is 2.14. The van der Waals surface area contributed by atoms with Crippen molar-refractivity contribution in [2.45, 2.75) is 32.1 Å². The summed E-state index contributed by atoms with van der Waals surface area (Å²) in [5.41, 5.74) is 5.42. The lowest BCUT2D eigenvalue weighted by Gasteiger charge is -2.20. The number of piperidine rings is 1. The Bertz CT molecular complexity index is 159. The molecular formula is C9H19N3O. The lowest BCUT2D eigenvalue weighted by atomic mass is 9.97. The predicted octanol–water partition coefficient (Wildman–Crippen LogP) is 0.903. The average molecular weight is 185 g/mol. The van der Waals surface area contributed by atoms with E-state index in [1.807, 2.05) is 0 Å². The highest BCUT2D eigenvalue weighted by Gasteiger charge is 2.16. The molecule has 0 bridgehead atoms. The zero-order valence-electron chi connectivity index (χ0n) is 8.00. The van der Waals surface area contributed by atoms with E-state index < -0.39 is 0 Å². The zero-order chi connectivity index (χ0) is 9.52. The Morgan fingerprint density at radius 2 is 1.77 bits per heavy atom. The number of oxime groups is 1. The van der Waals surface area contributed by atoms with Gasteiger partial charge in [0, 0.05) is 5.92 Å². The van der Waals surface area contributed by atoms with E-state index in [2.05, 4.69) is 10.5 Å². The molecule has 2 fully saturated rings. The SMILES string of the molecule is C1CC1.NC(=NO)C1CCNCC1. The second-order valence-electron chi connectivity index (χ2n) is 3.61. The van der Waals surface area contributed by atoms with E-state index in [-0.39, 0.29) is 5.92 Å². The third-order valence-corrected chi connectivity index (χ3v) is 2.23. The summed E-state index contributed by atoms with van der Waals surface area (Å²) in [6, 6.07) is 0. The maximum atomic E-state index is 8.33. The lowest BCUT2D eigenvalue weighted by molar-refractivity contribution is 0.310. The molecule has 13 heavy (non-hydrogen) atoms. The summed E-state index contributed by atoms with van der Waals surface area (Å²) in [5, 5.41) is 14.5. The first-order valence-corrected chi connectivity index (χ1v) is 5.02. The van der Waals surface area contributed by atoms with Crippen LogP contribution < -0.4 is 11.1 Å². The maximum absolute atomic E-state index is 8.33. The Kier molecular flexibility index (Phi) is 4.60. The molecule has 76 valence electrons. The molecule has 0 unspecified atom stereocenters. The van der Waals surface area contributed by atoms with Gasteiger partial charge in [-0.1, -0.05) is 24.4 Å². The van der Waals surface area contributed by atoms with Crippen LogP contribution in [0.3, 0.4) is 0 Å². The van der Waals surface area contributed by atoms with Crippen molar-refractivity contribution < 1.29 is 5.21 Å². The van der Waals surface area contributed by atoms with Crippen molar-refractivity contribution in [2.24, 2.45) is 16.8 Å². The first-order valence-electron chi connectivity index (χ1n) is 5.02. The van der Waals surface area contributed by atoms with Gasteiger partial charge in [0.25, 0.3) is 0 Å². The quantitative estimate of drug-likeness (QED) is 0.246. The predicted molar refractivity (Wildman–Crippen MR) is 52.9 cm³/mol. The average Bonchev–Trinajstić information content (AvgIpc) is 3.05. The Morgan fingerprint density at radius 3 is 2.15 bits per heavy atom. The molecule has 1 saturated carbocycles. The second-order valence-corrected chi connectivity index (χ2v) is 3.61. The topological polar surface area (TPSA) is 70.6 Å². The van der Waals surface area contributed by atoms with Crippen LogP contribution in [0.1, 0.15) is 32.1 Å². The second kappa shape index (κ2) is 5.80. The highest BCUT2D eigenvalue weighted by atomic mass is 16.4. The minimum atomic E-state index is 0.284. The number of nitrogens with one attached hydrogen (secondary N) is 1. The van der Waals surface area contributed by atoms with Crippen molar-refractivity contribution in [3.05, 3.63) is 0 Å². The van der Waals surface area contributed by atoms with E-state index in [1.165, 1.54) is 19.3 Å². The van der Waals surface area contributed by atoms with Gasteiger partial charge in [-0.3, -0.25) is 0 Å². The Balaban J connectivity index is 0.000000236. The van der Waals surface area contributed by atoms with Crippen molar-refractivity contribution in [3.8, 4) is 0 Å². The molecule has 1 saturated heterocycles. The lowest BCUT2D eigenvalue weighted by Crippen LogP contribution is -2.35. The molecule has 0 aromatic carbocycles. The van der Waals surface area contributed by atoms with Crippen LogP contribution in [0.5, 0.6) is 0 Å². The molecule has 0 spiro atoms. The number of rotatable bonds is 1. The summed E-state index contributed by atoms with van der Waals surface area (Å²) in [6.07, 6.45) is 6.46. The summed E-state index contributed by atoms with van der Waals surface area (Å²) in [6.45, 7) is 1.95. The molecule has 4 N–H and O–H groups in total. The Hall–Kier alpha value is -0.770. The minimum absolute atomic E-state index is 0.284. The maximum Gasteiger partial charge on any atom is 0.142 e. The molecule has 1 aliphatic carbocycles. The molecule has 4 nitrogen and oxygen atoms in total. The van der Waals surface area contributed by atoms with E-state index in [0.717, 1.165) is 25.9 Å². The van der Waals surface area contributed by atoms with Crippen LogP contribution in [0.4, 0.5) is 0 Å². The fourth-order valence-corrected chi connectivity index (χ4v) is 1.20. The third kappa shape index (κ3) is 4.72. The summed E-state index contributed by atoms with van der Waals surface area (Å²) >= 11 is 0. The molecule has 2 rings (SSSR count). The summed E-state index contributed by atoms with van der Waals surface area (Å²) in [5.74, 6) is 0.660. The number of amidine groups is 1. The number of nitrogens with two attached hydrogens (primary N) is 1. The van der Waals surface area contributed by atoms with Crippen LogP contribution in [-0.4, -0.2) is 24.1 Å². The summed E-state index contributed by atoms with van der Waals surface area (Å²) < 4.78 is 0. The van der Waals surface area contributed by atoms with Crippen LogP contribution >= 0.6 is 0 Å². The summed E-state index contributed by atoms with van der Waals surface area (Å²) in [4.78, 5) is 0. The molecule has 0 aromatic heterocycles. The van der Waals surface area contributed by atoms with E-state index in [4.69, 9.17) is 10.9 Å². The molecule has 1 heterocycles. The molecule has 0 amide bonds. The van der Waals surface area contributed by atoms with Gasteiger partial charge in [-0.2, -0.15) is 0 Å². The van der Waals surface area contributed by atoms with Gasteiger partial charge >= 0.3 is 0 Å². The number of hydrogen-bond donors (Lipinski definition) is 3. The Labute approximate surface area is 79.2 Å². The fraction of sp³-hybridized carbons (Fsp3) is 0.889. The first-order chi connectivity index (χ1) is 6.34. The minimum Gasteiger partial charge on any atom is -0.409 e. The van der Waals surface area contributed by atoms with Gasteiger partial charge < -0.3 is 16.3 Å². The molecule has 0 atom stereocenters. The van der Waals surface area contributed by atoms with Crippen LogP contribution in [0.25, 0.3) is 0 Å². The van der Waals surface area contributed by atoms with E-state index >= 15 is 0 Å².